The van der Waals surface area contributed by atoms with E-state index in [4.69, 9.17) is 0 Å². The first kappa shape index (κ1) is 11.0. The molecule has 2 aromatic carbocycles. The van der Waals surface area contributed by atoms with E-state index in [-0.39, 0.29) is 0 Å². The predicted molar refractivity (Wildman–Crippen MR) is 76.6 cm³/mol. The van der Waals surface area contributed by atoms with Crippen LogP contribution in [0.4, 0.5) is 0 Å². The van der Waals surface area contributed by atoms with Gasteiger partial charge in [-0.05, 0) is 58.3 Å². The molecule has 0 aromatic heterocycles. The molecule has 0 unspecified atom stereocenters. The number of hydrogen-bond donors (Lipinski definition) is 1. The zero-order valence-electron chi connectivity index (χ0n) is 8.37. The van der Waals surface area contributed by atoms with E-state index in [0.717, 1.165) is 4.90 Å². The van der Waals surface area contributed by atoms with Crippen LogP contribution in [0.1, 0.15) is 5.56 Å². The molecule has 0 spiro atoms. The summed E-state index contributed by atoms with van der Waals surface area (Å²) in [6.45, 7) is 2.12. The monoisotopic (exact) mass is 326 g/mol. The molecule has 0 bridgehead atoms. The number of aryl methyl sites for hydroxylation is 1. The Hall–Kier alpha value is -0.480. The van der Waals surface area contributed by atoms with Crippen molar-refractivity contribution in [3.05, 3.63) is 51.6 Å². The maximum Gasteiger partial charge on any atom is 0.0238 e. The molecular weight excluding hydrogens is 315 g/mol. The van der Waals surface area contributed by atoms with Gasteiger partial charge in [0.15, 0.2) is 0 Å². The highest BCUT2D eigenvalue weighted by Crippen LogP contribution is 2.29. The lowest BCUT2D eigenvalue weighted by Crippen LogP contribution is -1.87. The fraction of sp³-hybridized carbons (Fsp3) is 0.0769. The summed E-state index contributed by atoms with van der Waals surface area (Å²) in [5.74, 6) is 0. The number of rotatable bonds is 1. The number of benzene rings is 2. The van der Waals surface area contributed by atoms with E-state index >= 15 is 0 Å². The van der Waals surface area contributed by atoms with E-state index in [1.165, 1.54) is 20.3 Å². The zero-order chi connectivity index (χ0) is 10.8. The highest BCUT2D eigenvalue weighted by Gasteiger charge is 2.05. The third kappa shape index (κ3) is 2.37. The van der Waals surface area contributed by atoms with Gasteiger partial charge in [-0.1, -0.05) is 30.3 Å². The van der Waals surface area contributed by atoms with Crippen LogP contribution in [0, 0.1) is 10.5 Å². The maximum atomic E-state index is 4.42. The van der Waals surface area contributed by atoms with Crippen LogP contribution in [0.15, 0.2) is 47.4 Å². The molecule has 0 aliphatic heterocycles. The van der Waals surface area contributed by atoms with Crippen LogP contribution in [0.3, 0.4) is 0 Å². The molecule has 76 valence electrons. The van der Waals surface area contributed by atoms with Gasteiger partial charge in [0.25, 0.3) is 0 Å². The van der Waals surface area contributed by atoms with Gasteiger partial charge in [0, 0.05) is 8.47 Å². The number of hydrogen-bond acceptors (Lipinski definition) is 1. The summed E-state index contributed by atoms with van der Waals surface area (Å²) in [4.78, 5) is 1.02. The van der Waals surface area contributed by atoms with Crippen LogP contribution in [-0.4, -0.2) is 0 Å². The van der Waals surface area contributed by atoms with Crippen molar-refractivity contribution in [2.24, 2.45) is 0 Å². The molecule has 0 aliphatic rings. The fourth-order valence-corrected chi connectivity index (χ4v) is 2.52. The molecule has 0 N–H and O–H groups in total. The lowest BCUT2D eigenvalue weighted by molar-refractivity contribution is 1.34. The third-order valence-electron chi connectivity index (χ3n) is 2.32. The Balaban J connectivity index is 2.63. The van der Waals surface area contributed by atoms with Gasteiger partial charge in [-0.15, -0.1) is 12.6 Å². The molecule has 15 heavy (non-hydrogen) atoms. The van der Waals surface area contributed by atoms with Crippen molar-refractivity contribution < 1.29 is 0 Å². The van der Waals surface area contributed by atoms with E-state index < -0.39 is 0 Å². The minimum atomic E-state index is 1.02. The Bertz CT molecular complexity index is 477. The molecule has 0 saturated carbocycles. The standard InChI is InChI=1S/C13H11IS/c1-9-7-11(15)8-12(13(9)14)10-5-3-2-4-6-10/h2-8,15H,1H3. The predicted octanol–water partition coefficient (Wildman–Crippen LogP) is 4.56. The largest absolute Gasteiger partial charge is 0.143 e. The van der Waals surface area contributed by atoms with Crippen molar-refractivity contribution in [2.75, 3.05) is 0 Å². The van der Waals surface area contributed by atoms with Gasteiger partial charge in [0.2, 0.25) is 0 Å². The van der Waals surface area contributed by atoms with Crippen molar-refractivity contribution in [3.63, 3.8) is 0 Å². The normalized spacial score (nSPS) is 10.3. The van der Waals surface area contributed by atoms with Crippen molar-refractivity contribution in [3.8, 4) is 11.1 Å². The Morgan fingerprint density at radius 1 is 1.07 bits per heavy atom. The molecule has 2 heteroatoms. The molecule has 0 nitrogen and oxygen atoms in total. The molecule has 0 amide bonds. The van der Waals surface area contributed by atoms with Crippen LogP contribution < -0.4 is 0 Å². The molecule has 0 atom stereocenters. The minimum Gasteiger partial charge on any atom is -0.143 e. The summed E-state index contributed by atoms with van der Waals surface area (Å²) in [5, 5.41) is 0. The second-order valence-corrected chi connectivity index (χ2v) is 5.09. The molecule has 2 aromatic rings. The van der Waals surface area contributed by atoms with Crippen LogP contribution in [0.25, 0.3) is 11.1 Å². The lowest BCUT2D eigenvalue weighted by Gasteiger charge is -2.08. The zero-order valence-corrected chi connectivity index (χ0v) is 11.4. The van der Waals surface area contributed by atoms with Gasteiger partial charge in [-0.3, -0.25) is 0 Å². The van der Waals surface area contributed by atoms with Crippen LogP contribution in [-0.2, 0) is 0 Å². The Labute approximate surface area is 109 Å². The first-order chi connectivity index (χ1) is 7.18. The number of halogens is 1. The SMILES string of the molecule is Cc1cc(S)cc(-c2ccccc2)c1I. The van der Waals surface area contributed by atoms with Crippen molar-refractivity contribution in [1.29, 1.82) is 0 Å². The van der Waals surface area contributed by atoms with Crippen molar-refractivity contribution >= 4 is 35.2 Å². The van der Waals surface area contributed by atoms with Crippen molar-refractivity contribution in [2.45, 2.75) is 11.8 Å². The Kier molecular flexibility index (Phi) is 3.36. The second-order valence-electron chi connectivity index (χ2n) is 3.49. The topological polar surface area (TPSA) is 0 Å². The number of thiol groups is 1. The van der Waals surface area contributed by atoms with E-state index in [1.807, 2.05) is 6.07 Å². The first-order valence-electron chi connectivity index (χ1n) is 4.73. The summed E-state index contributed by atoms with van der Waals surface area (Å²) in [7, 11) is 0. The first-order valence-corrected chi connectivity index (χ1v) is 6.25. The van der Waals surface area contributed by atoms with Gasteiger partial charge in [-0.2, -0.15) is 0 Å². The van der Waals surface area contributed by atoms with Gasteiger partial charge >= 0.3 is 0 Å². The van der Waals surface area contributed by atoms with E-state index in [9.17, 15) is 0 Å². The van der Waals surface area contributed by atoms with Gasteiger partial charge in [0.05, 0.1) is 0 Å². The highest BCUT2D eigenvalue weighted by atomic mass is 127. The maximum absolute atomic E-state index is 4.42. The summed E-state index contributed by atoms with van der Waals surface area (Å²) >= 11 is 6.81. The lowest BCUT2D eigenvalue weighted by atomic mass is 10.0. The van der Waals surface area contributed by atoms with Gasteiger partial charge in [0.1, 0.15) is 0 Å². The smallest absolute Gasteiger partial charge is 0.0238 e. The molecule has 0 radical (unpaired) electrons. The second kappa shape index (κ2) is 4.58. The van der Waals surface area contributed by atoms with E-state index in [1.54, 1.807) is 0 Å². The summed E-state index contributed by atoms with van der Waals surface area (Å²) in [6, 6.07) is 14.6. The molecule has 0 saturated heterocycles. The van der Waals surface area contributed by atoms with Crippen molar-refractivity contribution in [1.82, 2.24) is 0 Å². The van der Waals surface area contributed by atoms with E-state index in [2.05, 4.69) is 78.5 Å². The third-order valence-corrected chi connectivity index (χ3v) is 4.01. The average Bonchev–Trinajstić information content (AvgIpc) is 2.24. The summed E-state index contributed by atoms with van der Waals surface area (Å²) in [5.41, 5.74) is 3.80. The molecule has 0 aliphatic carbocycles. The fourth-order valence-electron chi connectivity index (χ4n) is 1.58. The molecular formula is C13H11IS. The highest BCUT2D eigenvalue weighted by molar-refractivity contribution is 14.1. The van der Waals surface area contributed by atoms with Crippen LogP contribution >= 0.6 is 35.2 Å². The van der Waals surface area contributed by atoms with Crippen LogP contribution in [0.2, 0.25) is 0 Å². The van der Waals surface area contributed by atoms with Crippen LogP contribution in [0.5, 0.6) is 0 Å². The van der Waals surface area contributed by atoms with Gasteiger partial charge in [-0.25, -0.2) is 0 Å². The van der Waals surface area contributed by atoms with Gasteiger partial charge < -0.3 is 0 Å². The minimum absolute atomic E-state index is 1.02. The molecule has 2 rings (SSSR count). The molecule has 0 fully saturated rings. The Morgan fingerprint density at radius 3 is 2.40 bits per heavy atom. The van der Waals surface area contributed by atoms with E-state index in [0.29, 0.717) is 0 Å². The quantitative estimate of drug-likeness (QED) is 0.577. The summed E-state index contributed by atoms with van der Waals surface area (Å²) < 4.78 is 1.30. The molecule has 0 heterocycles. The summed E-state index contributed by atoms with van der Waals surface area (Å²) in [6.07, 6.45) is 0. The average molecular weight is 326 g/mol. The Morgan fingerprint density at radius 2 is 1.73 bits per heavy atom.